The Balaban J connectivity index is 1.82. The highest BCUT2D eigenvalue weighted by atomic mass is 16.2. The minimum atomic E-state index is -0.260. The zero-order valence-electron chi connectivity index (χ0n) is 12.7. The van der Waals surface area contributed by atoms with E-state index in [1.165, 1.54) is 0 Å². The predicted molar refractivity (Wildman–Crippen MR) is 89.7 cm³/mol. The fraction of sp³-hybridized carbons (Fsp3) is 0.0556. The summed E-state index contributed by atoms with van der Waals surface area (Å²) < 4.78 is 1.89. The van der Waals surface area contributed by atoms with E-state index in [4.69, 9.17) is 0 Å². The van der Waals surface area contributed by atoms with E-state index in [-0.39, 0.29) is 5.91 Å². The van der Waals surface area contributed by atoms with Crippen LogP contribution in [-0.2, 0) is 0 Å². The van der Waals surface area contributed by atoms with E-state index in [1.54, 1.807) is 19.2 Å². The lowest BCUT2D eigenvalue weighted by molar-refractivity contribution is 0.0955. The van der Waals surface area contributed by atoms with Gasteiger partial charge in [0, 0.05) is 18.6 Å². The first kappa shape index (κ1) is 14.7. The van der Waals surface area contributed by atoms with Crippen LogP contribution in [-0.4, -0.2) is 21.2 Å². The van der Waals surface area contributed by atoms with Gasteiger partial charge in [-0.2, -0.15) is 5.10 Å². The Morgan fingerprint density at radius 1 is 1.04 bits per heavy atom. The summed E-state index contributed by atoms with van der Waals surface area (Å²) in [5.41, 5.74) is 5.34. The molecule has 3 aromatic rings. The van der Waals surface area contributed by atoms with Crippen molar-refractivity contribution in [3.05, 3.63) is 84.4 Å². The summed E-state index contributed by atoms with van der Waals surface area (Å²) in [6.45, 7) is 1.81. The largest absolute Gasteiger partial charge is 0.323 e. The number of carbonyl (C=O) groups is 1. The average Bonchev–Trinajstić information content (AvgIpc) is 3.14. The van der Waals surface area contributed by atoms with Crippen LogP contribution in [0.4, 0.5) is 0 Å². The van der Waals surface area contributed by atoms with Crippen molar-refractivity contribution in [3.63, 3.8) is 0 Å². The Morgan fingerprint density at radius 2 is 1.78 bits per heavy atom. The molecular formula is C18H16N4O. The summed E-state index contributed by atoms with van der Waals surface area (Å²) in [6, 6.07) is 16.8. The van der Waals surface area contributed by atoms with Gasteiger partial charge in [-0.15, -0.1) is 0 Å². The van der Waals surface area contributed by atoms with Gasteiger partial charge in [-0.05, 0) is 43.3 Å². The third-order valence-electron chi connectivity index (χ3n) is 3.39. The van der Waals surface area contributed by atoms with Gasteiger partial charge in [0.15, 0.2) is 0 Å². The highest BCUT2D eigenvalue weighted by Gasteiger charge is 2.11. The van der Waals surface area contributed by atoms with Crippen molar-refractivity contribution in [3.8, 4) is 5.69 Å². The van der Waals surface area contributed by atoms with E-state index in [1.807, 2.05) is 65.5 Å². The number of rotatable bonds is 4. The molecule has 2 heterocycles. The second-order valence-electron chi connectivity index (χ2n) is 4.96. The molecule has 0 saturated carbocycles. The van der Waals surface area contributed by atoms with Crippen molar-refractivity contribution in [1.29, 1.82) is 0 Å². The van der Waals surface area contributed by atoms with Crippen LogP contribution < -0.4 is 5.43 Å². The van der Waals surface area contributed by atoms with E-state index in [9.17, 15) is 4.79 Å². The standard InChI is InChI=1S/C18H16N4O/c1-14(16-9-4-5-11-19-16)20-21-18(23)15-8-2-3-10-17(15)22-12-6-7-13-22/h2-13H,1H3,(H,21,23). The van der Waals surface area contributed by atoms with Gasteiger partial charge >= 0.3 is 0 Å². The van der Waals surface area contributed by atoms with E-state index < -0.39 is 0 Å². The van der Waals surface area contributed by atoms with E-state index in [0.717, 1.165) is 11.4 Å². The molecule has 0 aliphatic rings. The smallest absolute Gasteiger partial charge is 0.273 e. The Kier molecular flexibility index (Phi) is 4.29. The topological polar surface area (TPSA) is 59.3 Å². The Morgan fingerprint density at radius 3 is 2.52 bits per heavy atom. The lowest BCUT2D eigenvalue weighted by Gasteiger charge is -2.09. The first-order valence-corrected chi connectivity index (χ1v) is 7.24. The highest BCUT2D eigenvalue weighted by molar-refractivity contribution is 6.01. The maximum atomic E-state index is 12.4. The normalized spacial score (nSPS) is 11.3. The number of nitrogens with zero attached hydrogens (tertiary/aromatic N) is 3. The number of hydrogen-bond donors (Lipinski definition) is 1. The number of hydrogen-bond acceptors (Lipinski definition) is 3. The number of amides is 1. The van der Waals surface area contributed by atoms with Crippen molar-refractivity contribution in [2.75, 3.05) is 0 Å². The van der Waals surface area contributed by atoms with Gasteiger partial charge in [-0.1, -0.05) is 18.2 Å². The quantitative estimate of drug-likeness (QED) is 0.595. The molecule has 0 aliphatic heterocycles. The SMILES string of the molecule is CC(=NNC(=O)c1ccccc1-n1cccc1)c1ccccn1. The Bertz CT molecular complexity index is 823. The van der Waals surface area contributed by atoms with Crippen molar-refractivity contribution < 1.29 is 4.79 Å². The zero-order valence-corrected chi connectivity index (χ0v) is 12.7. The first-order chi connectivity index (χ1) is 11.3. The fourth-order valence-corrected chi connectivity index (χ4v) is 2.21. The molecule has 0 spiro atoms. The monoisotopic (exact) mass is 304 g/mol. The Labute approximate surface area is 134 Å². The molecular weight excluding hydrogens is 288 g/mol. The summed E-state index contributed by atoms with van der Waals surface area (Å²) in [5, 5.41) is 4.14. The van der Waals surface area contributed by atoms with E-state index in [0.29, 0.717) is 11.3 Å². The molecule has 0 radical (unpaired) electrons. The minimum absolute atomic E-state index is 0.260. The molecule has 0 bridgehead atoms. The highest BCUT2D eigenvalue weighted by Crippen LogP contribution is 2.14. The van der Waals surface area contributed by atoms with Crippen LogP contribution in [0.25, 0.3) is 5.69 Å². The van der Waals surface area contributed by atoms with Gasteiger partial charge in [0.2, 0.25) is 0 Å². The molecule has 5 heteroatoms. The fourth-order valence-electron chi connectivity index (χ4n) is 2.21. The summed E-state index contributed by atoms with van der Waals surface area (Å²) in [5.74, 6) is -0.260. The predicted octanol–water partition coefficient (Wildman–Crippen LogP) is 3.03. The van der Waals surface area contributed by atoms with Crippen molar-refractivity contribution in [1.82, 2.24) is 15.0 Å². The number of pyridine rings is 1. The number of hydrazone groups is 1. The molecule has 0 atom stereocenters. The number of carbonyl (C=O) groups excluding carboxylic acids is 1. The van der Waals surface area contributed by atoms with Gasteiger partial charge in [0.05, 0.1) is 22.7 Å². The molecule has 0 fully saturated rings. The van der Waals surface area contributed by atoms with Gasteiger partial charge in [-0.25, -0.2) is 5.43 Å². The summed E-state index contributed by atoms with van der Waals surface area (Å²) in [7, 11) is 0. The van der Waals surface area contributed by atoms with Crippen LogP contribution in [0, 0.1) is 0 Å². The van der Waals surface area contributed by atoms with Crippen LogP contribution in [0.15, 0.2) is 78.3 Å². The third kappa shape index (κ3) is 3.35. The van der Waals surface area contributed by atoms with E-state index in [2.05, 4.69) is 15.5 Å². The van der Waals surface area contributed by atoms with Crippen molar-refractivity contribution >= 4 is 11.6 Å². The maximum absolute atomic E-state index is 12.4. The van der Waals surface area contributed by atoms with Gasteiger partial charge in [0.1, 0.15) is 0 Å². The summed E-state index contributed by atoms with van der Waals surface area (Å²) in [6.07, 6.45) is 5.49. The maximum Gasteiger partial charge on any atom is 0.273 e. The van der Waals surface area contributed by atoms with Crippen molar-refractivity contribution in [2.24, 2.45) is 5.10 Å². The summed E-state index contributed by atoms with van der Waals surface area (Å²) in [4.78, 5) is 16.6. The number of aromatic nitrogens is 2. The number of benzene rings is 1. The summed E-state index contributed by atoms with van der Waals surface area (Å²) >= 11 is 0. The molecule has 1 amide bonds. The first-order valence-electron chi connectivity index (χ1n) is 7.24. The average molecular weight is 304 g/mol. The minimum Gasteiger partial charge on any atom is -0.323 e. The van der Waals surface area contributed by atoms with Crippen LogP contribution in [0.2, 0.25) is 0 Å². The molecule has 114 valence electrons. The van der Waals surface area contributed by atoms with Gasteiger partial charge in [0.25, 0.3) is 5.91 Å². The van der Waals surface area contributed by atoms with Gasteiger partial charge < -0.3 is 4.57 Å². The molecule has 5 nitrogen and oxygen atoms in total. The van der Waals surface area contributed by atoms with Crippen LogP contribution >= 0.6 is 0 Å². The van der Waals surface area contributed by atoms with Crippen LogP contribution in [0.5, 0.6) is 0 Å². The van der Waals surface area contributed by atoms with E-state index >= 15 is 0 Å². The van der Waals surface area contributed by atoms with Gasteiger partial charge in [-0.3, -0.25) is 9.78 Å². The molecule has 0 aliphatic carbocycles. The molecule has 0 unspecified atom stereocenters. The lowest BCUT2D eigenvalue weighted by Crippen LogP contribution is -2.21. The third-order valence-corrected chi connectivity index (χ3v) is 3.39. The second kappa shape index (κ2) is 6.70. The molecule has 23 heavy (non-hydrogen) atoms. The molecule has 2 aromatic heterocycles. The molecule has 3 rings (SSSR count). The van der Waals surface area contributed by atoms with Crippen molar-refractivity contribution in [2.45, 2.75) is 6.92 Å². The van der Waals surface area contributed by atoms with Crippen LogP contribution in [0.3, 0.4) is 0 Å². The molecule has 1 N–H and O–H groups in total. The number of nitrogens with one attached hydrogen (secondary N) is 1. The molecule has 1 aromatic carbocycles. The molecule has 0 saturated heterocycles. The van der Waals surface area contributed by atoms with Crippen LogP contribution in [0.1, 0.15) is 23.0 Å². The second-order valence-corrected chi connectivity index (χ2v) is 4.96. The Hall–Kier alpha value is -3.21. The lowest BCUT2D eigenvalue weighted by atomic mass is 10.1. The zero-order chi connectivity index (χ0) is 16.1. The number of para-hydroxylation sites is 1.